The van der Waals surface area contributed by atoms with Gasteiger partial charge in [0.1, 0.15) is 11.9 Å². The van der Waals surface area contributed by atoms with Gasteiger partial charge in [-0.05, 0) is 31.0 Å². The van der Waals surface area contributed by atoms with Gasteiger partial charge in [-0.15, -0.1) is 0 Å². The first-order valence-corrected chi connectivity index (χ1v) is 9.66. The molecule has 0 aliphatic carbocycles. The van der Waals surface area contributed by atoms with Gasteiger partial charge < -0.3 is 15.2 Å². The maximum atomic E-state index is 12.7. The summed E-state index contributed by atoms with van der Waals surface area (Å²) in [4.78, 5) is 34.4. The molecule has 2 aromatic carbocycles. The van der Waals surface area contributed by atoms with Crippen LogP contribution in [0.4, 0.5) is 0 Å². The lowest BCUT2D eigenvalue weighted by atomic mass is 10.1. The highest BCUT2D eigenvalue weighted by Gasteiger charge is 2.35. The number of nitrogens with one attached hydrogen (secondary N) is 2. The lowest BCUT2D eigenvalue weighted by Gasteiger charge is -2.24. The largest absolute Gasteiger partial charge is 0.354 e. The number of amides is 2. The number of imidazole rings is 1. The second-order valence-electron chi connectivity index (χ2n) is 7.30. The molecule has 1 atom stereocenters. The van der Waals surface area contributed by atoms with E-state index in [-0.39, 0.29) is 11.8 Å². The number of rotatable bonds is 6. The first-order chi connectivity index (χ1) is 13.6. The number of hydrogen-bond donors (Lipinski definition) is 2. The van der Waals surface area contributed by atoms with Crippen molar-refractivity contribution in [3.05, 3.63) is 65.5 Å². The van der Waals surface area contributed by atoms with E-state index in [1.54, 1.807) is 4.90 Å². The molecule has 1 unspecified atom stereocenters. The molecule has 1 aliphatic heterocycles. The number of H-pyrrole nitrogens is 1. The number of hydrogen-bond acceptors (Lipinski definition) is 3. The van der Waals surface area contributed by atoms with Crippen LogP contribution >= 0.6 is 0 Å². The van der Waals surface area contributed by atoms with E-state index in [0.717, 1.165) is 22.4 Å². The Balaban J connectivity index is 1.34. The van der Waals surface area contributed by atoms with Crippen molar-refractivity contribution in [2.75, 3.05) is 6.54 Å². The summed E-state index contributed by atoms with van der Waals surface area (Å²) in [6.07, 6.45) is 1.62. The van der Waals surface area contributed by atoms with E-state index in [0.29, 0.717) is 32.4 Å². The maximum absolute atomic E-state index is 12.7. The number of carbonyl (C=O) groups excluding carboxylic acids is 2. The molecule has 3 aromatic rings. The number of para-hydroxylation sites is 2. The summed E-state index contributed by atoms with van der Waals surface area (Å²) in [6.45, 7) is 2.99. The first kappa shape index (κ1) is 18.2. The van der Waals surface area contributed by atoms with Crippen molar-refractivity contribution in [3.8, 4) is 0 Å². The number of aryl methyl sites for hydroxylation is 1. The van der Waals surface area contributed by atoms with Gasteiger partial charge in [0.05, 0.1) is 11.0 Å². The lowest BCUT2D eigenvalue weighted by Crippen LogP contribution is -2.44. The minimum Gasteiger partial charge on any atom is -0.354 e. The third kappa shape index (κ3) is 3.91. The van der Waals surface area contributed by atoms with Crippen LogP contribution in [0.5, 0.6) is 0 Å². The van der Waals surface area contributed by atoms with E-state index in [1.165, 1.54) is 5.56 Å². The van der Waals surface area contributed by atoms with Crippen LogP contribution in [0.1, 0.15) is 29.8 Å². The van der Waals surface area contributed by atoms with Gasteiger partial charge >= 0.3 is 0 Å². The predicted octanol–water partition coefficient (Wildman–Crippen LogP) is 2.72. The number of carbonyl (C=O) groups is 2. The third-order valence-corrected chi connectivity index (χ3v) is 5.20. The van der Waals surface area contributed by atoms with Crippen molar-refractivity contribution in [1.29, 1.82) is 0 Å². The fourth-order valence-electron chi connectivity index (χ4n) is 3.64. The first-order valence-electron chi connectivity index (χ1n) is 9.66. The van der Waals surface area contributed by atoms with Crippen LogP contribution in [-0.4, -0.2) is 39.3 Å². The second-order valence-corrected chi connectivity index (χ2v) is 7.30. The summed E-state index contributed by atoms with van der Waals surface area (Å²) in [5, 5.41) is 2.97. The molecular weight excluding hydrogens is 352 g/mol. The van der Waals surface area contributed by atoms with Crippen LogP contribution in [-0.2, 0) is 22.6 Å². The van der Waals surface area contributed by atoms with Gasteiger partial charge in [-0.2, -0.15) is 0 Å². The van der Waals surface area contributed by atoms with E-state index >= 15 is 0 Å². The number of nitrogens with zero attached hydrogens (tertiary/aromatic N) is 2. The molecule has 1 fully saturated rings. The minimum absolute atomic E-state index is 0.0398. The molecule has 144 valence electrons. The van der Waals surface area contributed by atoms with Gasteiger partial charge in [-0.25, -0.2) is 4.98 Å². The molecule has 1 aliphatic rings. The highest BCUT2D eigenvalue weighted by atomic mass is 16.2. The summed E-state index contributed by atoms with van der Waals surface area (Å²) in [7, 11) is 0. The summed E-state index contributed by atoms with van der Waals surface area (Å²) in [5.41, 5.74) is 4.14. The molecule has 28 heavy (non-hydrogen) atoms. The molecule has 1 saturated heterocycles. The van der Waals surface area contributed by atoms with Crippen molar-refractivity contribution in [1.82, 2.24) is 20.2 Å². The SMILES string of the molecule is Cc1ccc(CN2C(=O)CCC2C(=O)NCCc2nc3ccccc3[nH]2)cc1. The topological polar surface area (TPSA) is 78.1 Å². The predicted molar refractivity (Wildman–Crippen MR) is 108 cm³/mol. The maximum Gasteiger partial charge on any atom is 0.242 e. The van der Waals surface area contributed by atoms with Crippen LogP contribution in [0.25, 0.3) is 11.0 Å². The van der Waals surface area contributed by atoms with E-state index in [9.17, 15) is 9.59 Å². The molecule has 6 heteroatoms. The Labute approximate surface area is 164 Å². The number of aromatic nitrogens is 2. The molecule has 1 aromatic heterocycles. The van der Waals surface area contributed by atoms with E-state index in [2.05, 4.69) is 15.3 Å². The summed E-state index contributed by atoms with van der Waals surface area (Å²) >= 11 is 0. The van der Waals surface area contributed by atoms with Crippen LogP contribution in [0.3, 0.4) is 0 Å². The molecule has 4 rings (SSSR count). The second kappa shape index (κ2) is 7.84. The Hall–Kier alpha value is -3.15. The normalized spacial score (nSPS) is 16.7. The standard InChI is InChI=1S/C22H24N4O2/c1-15-6-8-16(9-7-15)14-26-19(10-11-21(26)27)22(28)23-13-12-20-24-17-4-2-3-5-18(17)25-20/h2-9,19H,10-14H2,1H3,(H,23,28)(H,24,25). The van der Waals surface area contributed by atoms with Crippen LogP contribution in [0.15, 0.2) is 48.5 Å². The Morgan fingerprint density at radius 3 is 2.79 bits per heavy atom. The van der Waals surface area contributed by atoms with E-state index in [4.69, 9.17) is 0 Å². The smallest absolute Gasteiger partial charge is 0.242 e. The molecular formula is C22H24N4O2. The molecule has 2 amide bonds. The van der Waals surface area contributed by atoms with Gasteiger partial charge in [-0.1, -0.05) is 42.0 Å². The Morgan fingerprint density at radius 1 is 1.21 bits per heavy atom. The van der Waals surface area contributed by atoms with Crippen molar-refractivity contribution in [2.45, 2.75) is 38.8 Å². The quantitative estimate of drug-likeness (QED) is 0.694. The summed E-state index contributed by atoms with van der Waals surface area (Å²) < 4.78 is 0. The number of likely N-dealkylation sites (tertiary alicyclic amines) is 1. The van der Waals surface area contributed by atoms with Crippen molar-refractivity contribution in [2.24, 2.45) is 0 Å². The average molecular weight is 376 g/mol. The highest BCUT2D eigenvalue weighted by molar-refractivity contribution is 5.90. The van der Waals surface area contributed by atoms with Crippen LogP contribution in [0.2, 0.25) is 0 Å². The number of fused-ring (bicyclic) bond motifs is 1. The molecule has 0 spiro atoms. The molecule has 0 bridgehead atoms. The zero-order valence-electron chi connectivity index (χ0n) is 15.9. The molecule has 0 radical (unpaired) electrons. The fourth-order valence-corrected chi connectivity index (χ4v) is 3.64. The molecule has 2 N–H and O–H groups in total. The Morgan fingerprint density at radius 2 is 2.00 bits per heavy atom. The van der Waals surface area contributed by atoms with E-state index in [1.807, 2.05) is 55.5 Å². The zero-order chi connectivity index (χ0) is 19.5. The van der Waals surface area contributed by atoms with Gasteiger partial charge in [0.15, 0.2) is 0 Å². The van der Waals surface area contributed by atoms with Gasteiger partial charge in [0.25, 0.3) is 0 Å². The zero-order valence-corrected chi connectivity index (χ0v) is 15.9. The number of aromatic amines is 1. The third-order valence-electron chi connectivity index (χ3n) is 5.20. The fraction of sp³-hybridized carbons (Fsp3) is 0.318. The molecule has 0 saturated carbocycles. The van der Waals surface area contributed by atoms with Crippen molar-refractivity contribution < 1.29 is 9.59 Å². The van der Waals surface area contributed by atoms with Gasteiger partial charge in [-0.3, -0.25) is 9.59 Å². The monoisotopic (exact) mass is 376 g/mol. The van der Waals surface area contributed by atoms with Crippen molar-refractivity contribution in [3.63, 3.8) is 0 Å². The number of benzene rings is 2. The van der Waals surface area contributed by atoms with Gasteiger partial charge in [0, 0.05) is 25.9 Å². The van der Waals surface area contributed by atoms with Crippen molar-refractivity contribution >= 4 is 22.8 Å². The van der Waals surface area contributed by atoms with Gasteiger partial charge in [0.2, 0.25) is 11.8 Å². The van der Waals surface area contributed by atoms with Crippen LogP contribution in [0, 0.1) is 6.92 Å². The average Bonchev–Trinajstić information content (AvgIpc) is 3.27. The molecule has 6 nitrogen and oxygen atoms in total. The highest BCUT2D eigenvalue weighted by Crippen LogP contribution is 2.22. The summed E-state index contributed by atoms with van der Waals surface area (Å²) in [5.74, 6) is 0.799. The minimum atomic E-state index is -0.399. The summed E-state index contributed by atoms with van der Waals surface area (Å²) in [6, 6.07) is 15.5. The molecule has 2 heterocycles. The Kier molecular flexibility index (Phi) is 5.10. The lowest BCUT2D eigenvalue weighted by molar-refractivity contribution is -0.135. The van der Waals surface area contributed by atoms with E-state index < -0.39 is 6.04 Å². The Bertz CT molecular complexity index is 960. The van der Waals surface area contributed by atoms with Crippen LogP contribution < -0.4 is 5.32 Å².